The van der Waals surface area contributed by atoms with E-state index < -0.39 is 22.8 Å². The Balaban J connectivity index is 2.47. The molecule has 23 heavy (non-hydrogen) atoms. The van der Waals surface area contributed by atoms with Crippen molar-refractivity contribution in [1.29, 1.82) is 0 Å². The van der Waals surface area contributed by atoms with Gasteiger partial charge in [-0.2, -0.15) is 0 Å². The lowest BCUT2D eigenvalue weighted by atomic mass is 10.1. The van der Waals surface area contributed by atoms with E-state index in [2.05, 4.69) is 10.6 Å². The van der Waals surface area contributed by atoms with Gasteiger partial charge in [0.05, 0.1) is 4.92 Å². The van der Waals surface area contributed by atoms with Crippen LogP contribution in [-0.2, 0) is 9.59 Å². The number of anilines is 1. The molecule has 0 heterocycles. The Morgan fingerprint density at radius 3 is 2.65 bits per heavy atom. The third kappa shape index (κ3) is 6.33. The number of nitro benzene ring substituents is 1. The summed E-state index contributed by atoms with van der Waals surface area (Å²) in [6.07, 6.45) is 1.97. The van der Waals surface area contributed by atoms with E-state index in [4.69, 9.17) is 5.11 Å². The summed E-state index contributed by atoms with van der Waals surface area (Å²) in [5.41, 5.74) is 0.255. The topological polar surface area (TPSA) is 122 Å². The Labute approximate surface area is 134 Å². The second-order valence-corrected chi connectivity index (χ2v) is 5.05. The molecule has 3 N–H and O–H groups in total. The van der Waals surface area contributed by atoms with Crippen LogP contribution in [0.4, 0.5) is 11.4 Å². The van der Waals surface area contributed by atoms with Gasteiger partial charge in [-0.25, -0.2) is 4.79 Å². The number of nitrogens with one attached hydrogen (secondary N) is 2. The number of aliphatic carboxylic acids is 1. The number of nitro groups is 1. The predicted molar refractivity (Wildman–Crippen MR) is 85.3 cm³/mol. The second-order valence-electron chi connectivity index (χ2n) is 5.05. The van der Waals surface area contributed by atoms with Gasteiger partial charge in [-0.3, -0.25) is 14.9 Å². The number of hydrogen-bond acceptors (Lipinski definition) is 5. The molecule has 0 aliphatic carbocycles. The SMILES string of the molecule is CCCCC(NC(=O)CCNc1ccccc1[N+](=O)[O-])C(=O)O. The number of carbonyl (C=O) groups is 2. The lowest BCUT2D eigenvalue weighted by molar-refractivity contribution is -0.384. The Morgan fingerprint density at radius 2 is 2.04 bits per heavy atom. The zero-order valence-corrected chi connectivity index (χ0v) is 12.9. The van der Waals surface area contributed by atoms with Crippen LogP contribution in [-0.4, -0.2) is 34.5 Å². The molecule has 0 fully saturated rings. The minimum atomic E-state index is -1.06. The molecule has 1 atom stereocenters. The molecule has 1 aromatic carbocycles. The molecule has 0 saturated carbocycles. The van der Waals surface area contributed by atoms with E-state index in [0.29, 0.717) is 18.5 Å². The fourth-order valence-electron chi connectivity index (χ4n) is 2.03. The van der Waals surface area contributed by atoms with Gasteiger partial charge in [-0.05, 0) is 12.5 Å². The van der Waals surface area contributed by atoms with Gasteiger partial charge in [-0.1, -0.05) is 31.9 Å². The molecule has 126 valence electrons. The molecule has 0 radical (unpaired) electrons. The minimum Gasteiger partial charge on any atom is -0.480 e. The van der Waals surface area contributed by atoms with E-state index in [1.165, 1.54) is 6.07 Å². The summed E-state index contributed by atoms with van der Waals surface area (Å²) >= 11 is 0. The summed E-state index contributed by atoms with van der Waals surface area (Å²) in [5.74, 6) is -1.46. The highest BCUT2D eigenvalue weighted by Crippen LogP contribution is 2.22. The average molecular weight is 323 g/mol. The number of nitrogens with zero attached hydrogens (tertiary/aromatic N) is 1. The number of carbonyl (C=O) groups excluding carboxylic acids is 1. The van der Waals surface area contributed by atoms with Crippen LogP contribution >= 0.6 is 0 Å². The Kier molecular flexibility index (Phi) is 7.52. The molecule has 0 bridgehead atoms. The molecular weight excluding hydrogens is 302 g/mol. The van der Waals surface area contributed by atoms with Gasteiger partial charge in [0.25, 0.3) is 5.69 Å². The van der Waals surface area contributed by atoms with Crippen LogP contribution in [0.5, 0.6) is 0 Å². The van der Waals surface area contributed by atoms with Crippen molar-refractivity contribution in [3.8, 4) is 0 Å². The van der Waals surface area contributed by atoms with Crippen molar-refractivity contribution in [2.75, 3.05) is 11.9 Å². The number of benzene rings is 1. The smallest absolute Gasteiger partial charge is 0.326 e. The standard InChI is InChI=1S/C15H21N3O5/c1-2-3-6-12(15(20)21)17-14(19)9-10-16-11-7-4-5-8-13(11)18(22)23/h4-5,7-8,12,16H,2-3,6,9-10H2,1H3,(H,17,19)(H,20,21). The molecule has 0 aromatic heterocycles. The van der Waals surface area contributed by atoms with Crippen LogP contribution < -0.4 is 10.6 Å². The molecule has 1 rings (SSSR count). The quantitative estimate of drug-likeness (QED) is 0.448. The first-order valence-electron chi connectivity index (χ1n) is 7.45. The lowest BCUT2D eigenvalue weighted by Gasteiger charge is -2.14. The third-order valence-corrected chi connectivity index (χ3v) is 3.25. The number of carboxylic acid groups (broad SMARTS) is 1. The van der Waals surface area contributed by atoms with E-state index >= 15 is 0 Å². The van der Waals surface area contributed by atoms with Crippen molar-refractivity contribution >= 4 is 23.3 Å². The Morgan fingerprint density at radius 1 is 1.35 bits per heavy atom. The summed E-state index contributed by atoms with van der Waals surface area (Å²) in [7, 11) is 0. The molecule has 0 aliphatic rings. The fourth-order valence-corrected chi connectivity index (χ4v) is 2.03. The molecule has 1 unspecified atom stereocenters. The van der Waals surface area contributed by atoms with Crippen molar-refractivity contribution < 1.29 is 19.6 Å². The van der Waals surface area contributed by atoms with Crippen molar-refractivity contribution in [2.45, 2.75) is 38.6 Å². The average Bonchev–Trinajstić information content (AvgIpc) is 2.51. The van der Waals surface area contributed by atoms with E-state index in [0.717, 1.165) is 6.42 Å². The molecule has 1 amide bonds. The van der Waals surface area contributed by atoms with Gasteiger partial charge in [0.15, 0.2) is 0 Å². The largest absolute Gasteiger partial charge is 0.480 e. The van der Waals surface area contributed by atoms with Crippen LogP contribution in [0.3, 0.4) is 0 Å². The van der Waals surface area contributed by atoms with Crippen LogP contribution in [0.2, 0.25) is 0 Å². The molecule has 1 aromatic rings. The first-order chi connectivity index (χ1) is 11.0. The highest BCUT2D eigenvalue weighted by Gasteiger charge is 2.19. The molecule has 8 heteroatoms. The molecule has 0 spiro atoms. The number of carboxylic acids is 1. The molecular formula is C15H21N3O5. The predicted octanol–water partition coefficient (Wildman–Crippen LogP) is 2.16. The first kappa shape index (κ1) is 18.4. The summed E-state index contributed by atoms with van der Waals surface area (Å²) < 4.78 is 0. The van der Waals surface area contributed by atoms with Crippen molar-refractivity contribution in [3.63, 3.8) is 0 Å². The van der Waals surface area contributed by atoms with E-state index in [1.54, 1.807) is 18.2 Å². The van der Waals surface area contributed by atoms with Gasteiger partial charge in [0, 0.05) is 19.0 Å². The highest BCUT2D eigenvalue weighted by atomic mass is 16.6. The van der Waals surface area contributed by atoms with E-state index in [-0.39, 0.29) is 18.7 Å². The van der Waals surface area contributed by atoms with Gasteiger partial charge in [-0.15, -0.1) is 0 Å². The maximum absolute atomic E-state index is 11.8. The van der Waals surface area contributed by atoms with Gasteiger partial charge in [0.2, 0.25) is 5.91 Å². The number of unbranched alkanes of at least 4 members (excludes halogenated alkanes) is 1. The minimum absolute atomic E-state index is 0.0297. The number of para-hydroxylation sites is 2. The number of rotatable bonds is 10. The summed E-state index contributed by atoms with van der Waals surface area (Å²) in [4.78, 5) is 33.2. The summed E-state index contributed by atoms with van der Waals surface area (Å²) in [5, 5.41) is 25.2. The second kappa shape index (κ2) is 9.39. The van der Waals surface area contributed by atoms with Crippen molar-refractivity contribution in [3.05, 3.63) is 34.4 Å². The van der Waals surface area contributed by atoms with Crippen molar-refractivity contribution in [1.82, 2.24) is 5.32 Å². The molecule has 0 aliphatic heterocycles. The van der Waals surface area contributed by atoms with Crippen LogP contribution in [0.1, 0.15) is 32.6 Å². The molecule has 0 saturated heterocycles. The van der Waals surface area contributed by atoms with Gasteiger partial charge >= 0.3 is 5.97 Å². The maximum atomic E-state index is 11.8. The van der Waals surface area contributed by atoms with Gasteiger partial charge in [0.1, 0.15) is 11.7 Å². The van der Waals surface area contributed by atoms with Crippen LogP contribution in [0.25, 0.3) is 0 Å². The normalized spacial score (nSPS) is 11.5. The van der Waals surface area contributed by atoms with E-state index in [1.807, 2.05) is 6.92 Å². The van der Waals surface area contributed by atoms with Crippen LogP contribution in [0.15, 0.2) is 24.3 Å². The zero-order valence-electron chi connectivity index (χ0n) is 12.9. The maximum Gasteiger partial charge on any atom is 0.326 e. The lowest BCUT2D eigenvalue weighted by Crippen LogP contribution is -2.41. The fraction of sp³-hybridized carbons (Fsp3) is 0.467. The van der Waals surface area contributed by atoms with E-state index in [9.17, 15) is 19.7 Å². The summed E-state index contributed by atoms with van der Waals surface area (Å²) in [6.45, 7) is 2.12. The first-order valence-corrected chi connectivity index (χ1v) is 7.45. The monoisotopic (exact) mass is 323 g/mol. The summed E-state index contributed by atoms with van der Waals surface area (Å²) in [6, 6.07) is 5.24. The zero-order chi connectivity index (χ0) is 17.2. The number of amides is 1. The molecule has 8 nitrogen and oxygen atoms in total. The van der Waals surface area contributed by atoms with Crippen molar-refractivity contribution in [2.24, 2.45) is 0 Å². The third-order valence-electron chi connectivity index (χ3n) is 3.25. The number of hydrogen-bond donors (Lipinski definition) is 3. The highest BCUT2D eigenvalue weighted by molar-refractivity contribution is 5.83. The Bertz CT molecular complexity index is 562. The van der Waals surface area contributed by atoms with Gasteiger partial charge < -0.3 is 15.7 Å². The van der Waals surface area contributed by atoms with Crippen LogP contribution in [0, 0.1) is 10.1 Å². The Hall–Kier alpha value is -2.64.